The number of rotatable bonds is 4. The van der Waals surface area contributed by atoms with Crippen molar-refractivity contribution in [3.8, 4) is 0 Å². The Morgan fingerprint density at radius 3 is 2.96 bits per heavy atom. The van der Waals surface area contributed by atoms with E-state index < -0.39 is 5.82 Å². The first-order chi connectivity index (χ1) is 13.6. The molecule has 1 aliphatic rings. The fraction of sp³-hybridized carbons (Fsp3) is 0.286. The molecule has 3 nitrogen and oxygen atoms in total. The van der Waals surface area contributed by atoms with E-state index in [1.807, 2.05) is 35.4 Å². The molecule has 28 heavy (non-hydrogen) atoms. The Morgan fingerprint density at radius 2 is 2.07 bits per heavy atom. The number of fused-ring (bicyclic) bond motifs is 1. The molecule has 1 amide bonds. The van der Waals surface area contributed by atoms with Gasteiger partial charge in [0.15, 0.2) is 0 Å². The van der Waals surface area contributed by atoms with E-state index in [0.717, 1.165) is 21.9 Å². The topological polar surface area (TPSA) is 36.1 Å². The van der Waals surface area contributed by atoms with Crippen molar-refractivity contribution < 1.29 is 13.6 Å². The molecule has 0 spiro atoms. The van der Waals surface area contributed by atoms with Crippen molar-refractivity contribution in [3.05, 3.63) is 65.9 Å². The maximum atomic E-state index is 14.1. The van der Waals surface area contributed by atoms with Gasteiger partial charge in [-0.25, -0.2) is 8.78 Å². The highest BCUT2D eigenvalue weighted by molar-refractivity contribution is 8.00. The summed E-state index contributed by atoms with van der Waals surface area (Å²) in [6.45, 7) is 1.19. The highest BCUT2D eigenvalue weighted by Crippen LogP contribution is 2.36. The van der Waals surface area contributed by atoms with Crippen LogP contribution in [0.2, 0.25) is 0 Å². The first-order valence-electron chi connectivity index (χ1n) is 9.15. The summed E-state index contributed by atoms with van der Waals surface area (Å²) in [6.07, 6.45) is 2.55. The van der Waals surface area contributed by atoms with Gasteiger partial charge < -0.3 is 9.88 Å². The molecule has 2 aromatic carbocycles. The number of amides is 1. The SMILES string of the molecule is O=C(CSc1c[nH]c2ccccc12)N1CCS[C@H](c2cc(F)ccc2F)CC1. The summed E-state index contributed by atoms with van der Waals surface area (Å²) in [5.74, 6) is 0.351. The first-order valence-corrected chi connectivity index (χ1v) is 11.2. The summed E-state index contributed by atoms with van der Waals surface area (Å²) < 4.78 is 27.6. The molecular weight excluding hydrogens is 398 g/mol. The number of thioether (sulfide) groups is 2. The van der Waals surface area contributed by atoms with Crippen molar-refractivity contribution in [2.45, 2.75) is 16.6 Å². The smallest absolute Gasteiger partial charge is 0.232 e. The number of hydrogen-bond acceptors (Lipinski definition) is 3. The Kier molecular flexibility index (Phi) is 5.92. The Labute approximate surface area is 170 Å². The van der Waals surface area contributed by atoms with Crippen LogP contribution >= 0.6 is 23.5 Å². The van der Waals surface area contributed by atoms with Crippen LogP contribution in [0.15, 0.2) is 53.6 Å². The Morgan fingerprint density at radius 1 is 1.21 bits per heavy atom. The van der Waals surface area contributed by atoms with Crippen LogP contribution in [0.3, 0.4) is 0 Å². The maximum Gasteiger partial charge on any atom is 0.232 e. The Hall–Kier alpha value is -1.99. The van der Waals surface area contributed by atoms with Crippen LogP contribution < -0.4 is 0 Å². The normalized spacial score (nSPS) is 17.6. The molecule has 1 fully saturated rings. The lowest BCUT2D eigenvalue weighted by Crippen LogP contribution is -2.34. The molecule has 1 N–H and O–H groups in total. The van der Waals surface area contributed by atoms with Crippen LogP contribution in [0, 0.1) is 11.6 Å². The van der Waals surface area contributed by atoms with Crippen LogP contribution in [-0.2, 0) is 4.79 Å². The molecule has 2 heterocycles. The summed E-state index contributed by atoms with van der Waals surface area (Å²) >= 11 is 3.11. The second kappa shape index (κ2) is 8.57. The van der Waals surface area contributed by atoms with E-state index in [1.54, 1.807) is 11.8 Å². The number of benzene rings is 2. The molecule has 0 unspecified atom stereocenters. The fourth-order valence-electron chi connectivity index (χ4n) is 3.42. The number of nitrogens with one attached hydrogen (secondary N) is 1. The molecule has 0 radical (unpaired) electrons. The molecule has 1 atom stereocenters. The van der Waals surface area contributed by atoms with Crippen LogP contribution in [0.25, 0.3) is 10.9 Å². The molecule has 1 aromatic heterocycles. The van der Waals surface area contributed by atoms with E-state index in [2.05, 4.69) is 4.98 Å². The Bertz CT molecular complexity index is 991. The van der Waals surface area contributed by atoms with Crippen LogP contribution in [0.5, 0.6) is 0 Å². The number of hydrogen-bond donors (Lipinski definition) is 1. The zero-order valence-corrected chi connectivity index (χ0v) is 16.8. The second-order valence-corrected chi connectivity index (χ2v) is 9.01. The molecule has 7 heteroatoms. The molecule has 1 saturated heterocycles. The largest absolute Gasteiger partial charge is 0.360 e. The fourth-order valence-corrected chi connectivity index (χ4v) is 5.60. The monoisotopic (exact) mass is 418 g/mol. The minimum absolute atomic E-state index is 0.0799. The predicted molar refractivity (Wildman–Crippen MR) is 112 cm³/mol. The minimum atomic E-state index is -0.427. The van der Waals surface area contributed by atoms with Gasteiger partial charge in [0.2, 0.25) is 5.91 Å². The standard InChI is InChI=1S/C21H20F2N2OS2/c22-14-5-6-17(23)16(11-14)19-7-8-25(9-10-27-19)21(26)13-28-20-12-24-18-4-2-1-3-15(18)20/h1-6,11-12,19,24H,7-10,13H2/t19-/m0/s1. The summed E-state index contributed by atoms with van der Waals surface area (Å²) in [7, 11) is 0. The summed E-state index contributed by atoms with van der Waals surface area (Å²) in [4.78, 5) is 18.8. The lowest BCUT2D eigenvalue weighted by Gasteiger charge is -2.20. The summed E-state index contributed by atoms with van der Waals surface area (Å²) in [5, 5.41) is 0.989. The van der Waals surface area contributed by atoms with E-state index in [4.69, 9.17) is 0 Å². The number of aromatic amines is 1. The quantitative estimate of drug-likeness (QED) is 0.588. The predicted octanol–water partition coefficient (Wildman–Crippen LogP) is 5.25. The van der Waals surface area contributed by atoms with Gasteiger partial charge >= 0.3 is 0 Å². The summed E-state index contributed by atoms with van der Waals surface area (Å²) in [6, 6.07) is 11.6. The number of carbonyl (C=O) groups is 1. The van der Waals surface area contributed by atoms with Crippen molar-refractivity contribution in [2.75, 3.05) is 24.6 Å². The zero-order chi connectivity index (χ0) is 19.5. The van der Waals surface area contributed by atoms with Gasteiger partial charge in [-0.3, -0.25) is 4.79 Å². The number of H-pyrrole nitrogens is 1. The van der Waals surface area contributed by atoms with Gasteiger partial charge in [0.25, 0.3) is 0 Å². The van der Waals surface area contributed by atoms with Gasteiger partial charge in [0.05, 0.1) is 5.75 Å². The van der Waals surface area contributed by atoms with E-state index in [1.165, 1.54) is 23.9 Å². The van der Waals surface area contributed by atoms with Gasteiger partial charge in [-0.15, -0.1) is 11.8 Å². The average molecular weight is 419 g/mol. The third kappa shape index (κ3) is 4.20. The maximum absolute atomic E-state index is 14.1. The number of carbonyl (C=O) groups excluding carboxylic acids is 1. The lowest BCUT2D eigenvalue weighted by atomic mass is 10.1. The first kappa shape index (κ1) is 19.3. The van der Waals surface area contributed by atoms with Crippen LogP contribution in [0.1, 0.15) is 17.2 Å². The van der Waals surface area contributed by atoms with Gasteiger partial charge in [-0.05, 0) is 30.7 Å². The average Bonchev–Trinajstić information content (AvgIpc) is 2.95. The van der Waals surface area contributed by atoms with Crippen molar-refractivity contribution in [2.24, 2.45) is 0 Å². The third-order valence-corrected chi connectivity index (χ3v) is 7.25. The van der Waals surface area contributed by atoms with Crippen LogP contribution in [-0.4, -0.2) is 40.4 Å². The number of halogens is 2. The van der Waals surface area contributed by atoms with Gasteiger partial charge in [0, 0.05) is 51.7 Å². The van der Waals surface area contributed by atoms with E-state index in [0.29, 0.717) is 36.6 Å². The van der Waals surface area contributed by atoms with Crippen molar-refractivity contribution >= 4 is 40.3 Å². The Balaban J connectivity index is 1.37. The number of nitrogens with zero attached hydrogens (tertiary/aromatic N) is 1. The van der Waals surface area contributed by atoms with E-state index >= 15 is 0 Å². The van der Waals surface area contributed by atoms with E-state index in [9.17, 15) is 13.6 Å². The molecular formula is C21H20F2N2OS2. The molecule has 146 valence electrons. The molecule has 1 aliphatic heterocycles. The van der Waals surface area contributed by atoms with Crippen molar-refractivity contribution in [3.63, 3.8) is 0 Å². The second-order valence-electron chi connectivity index (χ2n) is 6.68. The van der Waals surface area contributed by atoms with Crippen molar-refractivity contribution in [1.82, 2.24) is 9.88 Å². The van der Waals surface area contributed by atoms with Gasteiger partial charge in [0.1, 0.15) is 11.6 Å². The van der Waals surface area contributed by atoms with E-state index in [-0.39, 0.29) is 17.0 Å². The molecule has 0 aliphatic carbocycles. The number of para-hydroxylation sites is 1. The third-order valence-electron chi connectivity index (χ3n) is 4.90. The highest BCUT2D eigenvalue weighted by Gasteiger charge is 2.24. The van der Waals surface area contributed by atoms with Gasteiger partial charge in [-0.1, -0.05) is 18.2 Å². The minimum Gasteiger partial charge on any atom is -0.360 e. The van der Waals surface area contributed by atoms with Gasteiger partial charge in [-0.2, -0.15) is 11.8 Å². The summed E-state index contributed by atoms with van der Waals surface area (Å²) in [5.41, 5.74) is 1.45. The highest BCUT2D eigenvalue weighted by atomic mass is 32.2. The molecule has 0 saturated carbocycles. The molecule has 4 rings (SSSR count). The van der Waals surface area contributed by atoms with Crippen molar-refractivity contribution in [1.29, 1.82) is 0 Å². The molecule has 3 aromatic rings. The zero-order valence-electron chi connectivity index (χ0n) is 15.2. The molecule has 0 bridgehead atoms. The number of aromatic nitrogens is 1. The van der Waals surface area contributed by atoms with Crippen LogP contribution in [0.4, 0.5) is 8.78 Å². The lowest BCUT2D eigenvalue weighted by molar-refractivity contribution is -0.128.